The second-order valence-corrected chi connectivity index (χ2v) is 4.93. The van der Waals surface area contributed by atoms with Gasteiger partial charge in [0.2, 0.25) is 0 Å². The van der Waals surface area contributed by atoms with Gasteiger partial charge in [0.05, 0.1) is 14.2 Å². The molecule has 0 aliphatic carbocycles. The first-order valence-electron chi connectivity index (χ1n) is 6.95. The molecule has 5 heteroatoms. The fraction of sp³-hybridized carbons (Fsp3) is 0.294. The first kappa shape index (κ1) is 16.2. The van der Waals surface area contributed by atoms with E-state index in [1.54, 1.807) is 20.3 Å². The van der Waals surface area contributed by atoms with Crippen LogP contribution in [0.4, 0.5) is 8.78 Å². The quantitative estimate of drug-likeness (QED) is 0.880. The summed E-state index contributed by atoms with van der Waals surface area (Å²) in [5.41, 5.74) is 1.27. The first-order valence-corrected chi connectivity index (χ1v) is 6.95. The monoisotopic (exact) mass is 307 g/mol. The Morgan fingerprint density at radius 2 is 1.77 bits per heavy atom. The molecule has 1 N–H and O–H groups in total. The van der Waals surface area contributed by atoms with E-state index in [4.69, 9.17) is 9.47 Å². The van der Waals surface area contributed by atoms with Crippen LogP contribution >= 0.6 is 0 Å². The third-order valence-corrected chi connectivity index (χ3v) is 3.54. The van der Waals surface area contributed by atoms with Gasteiger partial charge in [0.15, 0.2) is 23.1 Å². The van der Waals surface area contributed by atoms with Crippen molar-refractivity contribution in [1.82, 2.24) is 5.32 Å². The Morgan fingerprint density at radius 3 is 2.45 bits per heavy atom. The number of methoxy groups -OCH3 is 2. The van der Waals surface area contributed by atoms with Crippen molar-refractivity contribution in [3.8, 4) is 11.5 Å². The number of rotatable bonds is 6. The summed E-state index contributed by atoms with van der Waals surface area (Å²) in [6.45, 7) is 2.18. The third-order valence-electron chi connectivity index (χ3n) is 3.54. The summed E-state index contributed by atoms with van der Waals surface area (Å²) < 4.78 is 37.3. The van der Waals surface area contributed by atoms with Crippen LogP contribution in [-0.4, -0.2) is 14.2 Å². The molecular weight excluding hydrogens is 288 g/mol. The lowest BCUT2D eigenvalue weighted by molar-refractivity contribution is 0.354. The minimum atomic E-state index is -0.835. The van der Waals surface area contributed by atoms with Crippen LogP contribution < -0.4 is 14.8 Å². The third kappa shape index (κ3) is 3.54. The van der Waals surface area contributed by atoms with E-state index in [-0.39, 0.29) is 12.6 Å². The van der Waals surface area contributed by atoms with Crippen molar-refractivity contribution in [2.75, 3.05) is 14.2 Å². The average Bonchev–Trinajstić information content (AvgIpc) is 2.55. The van der Waals surface area contributed by atoms with Gasteiger partial charge in [0.25, 0.3) is 0 Å². The number of halogens is 2. The molecule has 2 rings (SSSR count). The zero-order valence-electron chi connectivity index (χ0n) is 12.8. The molecule has 0 saturated carbocycles. The number of ether oxygens (including phenoxy) is 2. The molecule has 0 heterocycles. The molecule has 0 spiro atoms. The van der Waals surface area contributed by atoms with Crippen LogP contribution in [0.3, 0.4) is 0 Å². The highest BCUT2D eigenvalue weighted by molar-refractivity contribution is 5.43. The van der Waals surface area contributed by atoms with Crippen LogP contribution in [0.1, 0.15) is 24.1 Å². The molecule has 0 aromatic heterocycles. The maximum atomic E-state index is 13.6. The molecule has 118 valence electrons. The van der Waals surface area contributed by atoms with Crippen molar-refractivity contribution in [2.24, 2.45) is 0 Å². The van der Waals surface area contributed by atoms with Crippen LogP contribution in [0.2, 0.25) is 0 Å². The number of benzene rings is 2. The summed E-state index contributed by atoms with van der Waals surface area (Å²) >= 11 is 0. The van der Waals surface area contributed by atoms with Gasteiger partial charge in [-0.3, -0.25) is 0 Å². The molecule has 2 aromatic carbocycles. The van der Waals surface area contributed by atoms with Crippen molar-refractivity contribution in [3.05, 3.63) is 59.2 Å². The highest BCUT2D eigenvalue weighted by atomic mass is 19.2. The van der Waals surface area contributed by atoms with Gasteiger partial charge in [-0.25, -0.2) is 8.78 Å². The van der Waals surface area contributed by atoms with E-state index in [0.717, 1.165) is 11.6 Å². The van der Waals surface area contributed by atoms with E-state index in [9.17, 15) is 8.78 Å². The Labute approximate surface area is 128 Å². The summed E-state index contributed by atoms with van der Waals surface area (Å²) in [4.78, 5) is 0. The Hall–Kier alpha value is -2.14. The molecular formula is C17H19F2NO2. The molecule has 0 amide bonds. The Bertz CT molecular complexity index is 647. The van der Waals surface area contributed by atoms with Gasteiger partial charge in [-0.1, -0.05) is 18.2 Å². The van der Waals surface area contributed by atoms with Gasteiger partial charge in [0, 0.05) is 18.2 Å². The zero-order chi connectivity index (χ0) is 16.1. The SMILES string of the molecule is COc1ccc(C(C)NCc2cccc(F)c2F)cc1OC. The minimum absolute atomic E-state index is 0.0533. The van der Waals surface area contributed by atoms with Crippen molar-refractivity contribution >= 4 is 0 Å². The van der Waals surface area contributed by atoms with Crippen LogP contribution in [-0.2, 0) is 6.54 Å². The van der Waals surface area contributed by atoms with Crippen molar-refractivity contribution < 1.29 is 18.3 Å². The molecule has 22 heavy (non-hydrogen) atoms. The maximum absolute atomic E-state index is 13.6. The smallest absolute Gasteiger partial charge is 0.163 e. The van der Waals surface area contributed by atoms with Crippen molar-refractivity contribution in [2.45, 2.75) is 19.5 Å². The minimum Gasteiger partial charge on any atom is -0.493 e. The lowest BCUT2D eigenvalue weighted by Gasteiger charge is -2.17. The van der Waals surface area contributed by atoms with E-state index in [2.05, 4.69) is 5.32 Å². The molecule has 1 unspecified atom stereocenters. The van der Waals surface area contributed by atoms with Gasteiger partial charge < -0.3 is 14.8 Å². The fourth-order valence-corrected chi connectivity index (χ4v) is 2.19. The van der Waals surface area contributed by atoms with Crippen LogP contribution in [0, 0.1) is 11.6 Å². The van der Waals surface area contributed by atoms with Gasteiger partial charge in [-0.05, 0) is 30.7 Å². The Kier molecular flexibility index (Phi) is 5.33. The number of hydrogen-bond acceptors (Lipinski definition) is 3. The summed E-state index contributed by atoms with van der Waals surface area (Å²) in [6, 6.07) is 9.69. The molecule has 0 aliphatic rings. The highest BCUT2D eigenvalue weighted by Crippen LogP contribution is 2.30. The van der Waals surface area contributed by atoms with Crippen LogP contribution in [0.15, 0.2) is 36.4 Å². The normalized spacial score (nSPS) is 12.0. The standard InChI is InChI=1S/C17H19F2NO2/c1-11(12-7-8-15(21-2)16(9-12)22-3)20-10-13-5-4-6-14(18)17(13)19/h4-9,11,20H,10H2,1-3H3. The number of hydrogen-bond donors (Lipinski definition) is 1. The fourth-order valence-electron chi connectivity index (χ4n) is 2.19. The molecule has 0 saturated heterocycles. The second-order valence-electron chi connectivity index (χ2n) is 4.93. The molecule has 0 bridgehead atoms. The summed E-state index contributed by atoms with van der Waals surface area (Å²) in [7, 11) is 3.15. The second kappa shape index (κ2) is 7.22. The van der Waals surface area contributed by atoms with Gasteiger partial charge >= 0.3 is 0 Å². The summed E-state index contributed by atoms with van der Waals surface area (Å²) in [6.07, 6.45) is 0. The lowest BCUT2D eigenvalue weighted by atomic mass is 10.1. The predicted molar refractivity (Wildman–Crippen MR) is 81.2 cm³/mol. The lowest BCUT2D eigenvalue weighted by Crippen LogP contribution is -2.19. The largest absolute Gasteiger partial charge is 0.493 e. The summed E-state index contributed by atoms with van der Waals surface area (Å²) in [5.74, 6) is -0.368. The zero-order valence-corrected chi connectivity index (χ0v) is 12.8. The van der Waals surface area contributed by atoms with E-state index >= 15 is 0 Å². The Balaban J connectivity index is 2.09. The van der Waals surface area contributed by atoms with Crippen LogP contribution in [0.5, 0.6) is 11.5 Å². The van der Waals surface area contributed by atoms with E-state index in [1.807, 2.05) is 25.1 Å². The van der Waals surface area contributed by atoms with Gasteiger partial charge in [-0.2, -0.15) is 0 Å². The molecule has 0 fully saturated rings. The molecule has 3 nitrogen and oxygen atoms in total. The van der Waals surface area contributed by atoms with Crippen molar-refractivity contribution in [1.29, 1.82) is 0 Å². The number of nitrogens with one attached hydrogen (secondary N) is 1. The summed E-state index contributed by atoms with van der Waals surface area (Å²) in [5, 5.41) is 3.17. The molecule has 1 atom stereocenters. The van der Waals surface area contributed by atoms with Gasteiger partial charge in [-0.15, -0.1) is 0 Å². The molecule has 0 aliphatic heterocycles. The first-order chi connectivity index (χ1) is 10.6. The van der Waals surface area contributed by atoms with E-state index in [0.29, 0.717) is 17.1 Å². The van der Waals surface area contributed by atoms with Crippen LogP contribution in [0.25, 0.3) is 0 Å². The average molecular weight is 307 g/mol. The van der Waals surface area contributed by atoms with E-state index in [1.165, 1.54) is 6.07 Å². The predicted octanol–water partition coefficient (Wildman–Crippen LogP) is 3.83. The highest BCUT2D eigenvalue weighted by Gasteiger charge is 2.12. The Morgan fingerprint density at radius 1 is 1.05 bits per heavy atom. The maximum Gasteiger partial charge on any atom is 0.163 e. The van der Waals surface area contributed by atoms with Gasteiger partial charge in [0.1, 0.15) is 0 Å². The van der Waals surface area contributed by atoms with Crippen molar-refractivity contribution in [3.63, 3.8) is 0 Å². The molecule has 2 aromatic rings. The topological polar surface area (TPSA) is 30.5 Å². The van der Waals surface area contributed by atoms with E-state index < -0.39 is 11.6 Å². The molecule has 0 radical (unpaired) electrons.